The summed E-state index contributed by atoms with van der Waals surface area (Å²) in [5.74, 6) is 1.26. The largest absolute Gasteiger partial charge is 0.300 e. The Morgan fingerprint density at radius 1 is 1.31 bits per heavy atom. The van der Waals surface area contributed by atoms with Crippen LogP contribution in [0, 0.1) is 5.92 Å². The lowest BCUT2D eigenvalue weighted by Gasteiger charge is -2.37. The van der Waals surface area contributed by atoms with Gasteiger partial charge in [-0.15, -0.1) is 0 Å². The van der Waals surface area contributed by atoms with Crippen molar-refractivity contribution in [2.45, 2.75) is 71.9 Å². The van der Waals surface area contributed by atoms with Crippen molar-refractivity contribution < 1.29 is 4.79 Å². The first-order chi connectivity index (χ1) is 7.50. The number of hydrogen-bond acceptors (Lipinski definition) is 2. The van der Waals surface area contributed by atoms with Gasteiger partial charge in [-0.2, -0.15) is 0 Å². The molecule has 0 saturated carbocycles. The molecule has 0 aromatic heterocycles. The van der Waals surface area contributed by atoms with E-state index >= 15 is 0 Å². The van der Waals surface area contributed by atoms with Crippen LogP contribution in [0.5, 0.6) is 0 Å². The van der Waals surface area contributed by atoms with Crippen LogP contribution < -0.4 is 0 Å². The summed E-state index contributed by atoms with van der Waals surface area (Å²) >= 11 is 0. The smallest absolute Gasteiger partial charge is 0.135 e. The van der Waals surface area contributed by atoms with Gasteiger partial charge < -0.3 is 0 Å². The molecule has 0 aromatic rings. The summed E-state index contributed by atoms with van der Waals surface area (Å²) in [5, 5.41) is 0. The zero-order valence-corrected chi connectivity index (χ0v) is 11.3. The predicted molar refractivity (Wildman–Crippen MR) is 68.6 cm³/mol. The van der Waals surface area contributed by atoms with Gasteiger partial charge >= 0.3 is 0 Å². The molecule has 0 N–H and O–H groups in total. The van der Waals surface area contributed by atoms with Crippen LogP contribution in [0.25, 0.3) is 0 Å². The van der Waals surface area contributed by atoms with E-state index in [4.69, 9.17) is 0 Å². The number of nitrogens with zero attached hydrogens (tertiary/aromatic N) is 1. The minimum atomic E-state index is 0.443. The first-order valence-electron chi connectivity index (χ1n) is 6.78. The summed E-state index contributed by atoms with van der Waals surface area (Å²) < 4.78 is 0. The Morgan fingerprint density at radius 2 is 2.00 bits per heavy atom. The second-order valence-corrected chi connectivity index (χ2v) is 5.75. The molecule has 1 aliphatic heterocycles. The third-order valence-corrected chi connectivity index (χ3v) is 3.71. The van der Waals surface area contributed by atoms with E-state index in [-0.39, 0.29) is 0 Å². The van der Waals surface area contributed by atoms with Crippen LogP contribution in [0.1, 0.15) is 59.8 Å². The Bertz CT molecular complexity index is 225. The van der Waals surface area contributed by atoms with Crippen molar-refractivity contribution in [3.8, 4) is 0 Å². The van der Waals surface area contributed by atoms with E-state index in [2.05, 4.69) is 32.6 Å². The van der Waals surface area contributed by atoms with Gasteiger partial charge in [0.1, 0.15) is 5.78 Å². The molecule has 1 heterocycles. The molecule has 2 heteroatoms. The third kappa shape index (κ3) is 4.25. The van der Waals surface area contributed by atoms with Gasteiger partial charge in [0.2, 0.25) is 0 Å². The van der Waals surface area contributed by atoms with Crippen LogP contribution in [0.3, 0.4) is 0 Å². The van der Waals surface area contributed by atoms with E-state index in [1.165, 1.54) is 19.3 Å². The van der Waals surface area contributed by atoms with Crippen molar-refractivity contribution in [1.29, 1.82) is 0 Å². The van der Waals surface area contributed by atoms with Crippen molar-refractivity contribution in [1.82, 2.24) is 4.90 Å². The van der Waals surface area contributed by atoms with Gasteiger partial charge in [0, 0.05) is 31.5 Å². The fourth-order valence-corrected chi connectivity index (χ4v) is 2.67. The Morgan fingerprint density at radius 3 is 2.56 bits per heavy atom. The van der Waals surface area contributed by atoms with Crippen LogP contribution in [0.15, 0.2) is 0 Å². The van der Waals surface area contributed by atoms with Crippen LogP contribution in [-0.2, 0) is 4.79 Å². The molecule has 0 aromatic carbocycles. The quantitative estimate of drug-likeness (QED) is 0.716. The van der Waals surface area contributed by atoms with Gasteiger partial charge in [0.05, 0.1) is 0 Å². The standard InChI is InChI=1S/C14H27NO/c1-11(2)6-5-7-12(3)15-9-8-14(16)10-13(15)4/h11-13H,5-10H2,1-4H3. The summed E-state index contributed by atoms with van der Waals surface area (Å²) in [6, 6.07) is 1.09. The first-order valence-corrected chi connectivity index (χ1v) is 6.78. The number of likely N-dealkylation sites (tertiary alicyclic amines) is 1. The molecule has 0 bridgehead atoms. The number of piperidine rings is 1. The van der Waals surface area contributed by atoms with Gasteiger partial charge in [-0.25, -0.2) is 0 Å². The summed E-state index contributed by atoms with van der Waals surface area (Å²) in [5.41, 5.74) is 0. The molecule has 2 unspecified atom stereocenters. The maximum atomic E-state index is 11.3. The third-order valence-electron chi connectivity index (χ3n) is 3.71. The maximum Gasteiger partial charge on any atom is 0.135 e. The van der Waals surface area contributed by atoms with E-state index in [0.29, 0.717) is 17.9 Å². The van der Waals surface area contributed by atoms with Gasteiger partial charge in [-0.1, -0.05) is 26.7 Å². The highest BCUT2D eigenvalue weighted by molar-refractivity contribution is 5.79. The van der Waals surface area contributed by atoms with Crippen LogP contribution >= 0.6 is 0 Å². The highest BCUT2D eigenvalue weighted by Gasteiger charge is 2.26. The summed E-state index contributed by atoms with van der Waals surface area (Å²) in [6.07, 6.45) is 5.44. The maximum absolute atomic E-state index is 11.3. The molecule has 2 nitrogen and oxygen atoms in total. The minimum absolute atomic E-state index is 0.443. The summed E-state index contributed by atoms with van der Waals surface area (Å²) in [7, 11) is 0. The van der Waals surface area contributed by atoms with Crippen molar-refractivity contribution in [2.24, 2.45) is 5.92 Å². The lowest BCUT2D eigenvalue weighted by molar-refractivity contribution is -0.123. The van der Waals surface area contributed by atoms with Crippen LogP contribution in [0.4, 0.5) is 0 Å². The van der Waals surface area contributed by atoms with E-state index in [1.54, 1.807) is 0 Å². The molecule has 1 fully saturated rings. The number of hydrogen-bond donors (Lipinski definition) is 0. The topological polar surface area (TPSA) is 20.3 Å². The zero-order valence-electron chi connectivity index (χ0n) is 11.3. The second-order valence-electron chi connectivity index (χ2n) is 5.75. The second kappa shape index (κ2) is 6.39. The monoisotopic (exact) mass is 225 g/mol. The molecule has 1 aliphatic rings. The van der Waals surface area contributed by atoms with Gasteiger partial charge in [0.25, 0.3) is 0 Å². The Labute approximate surface area is 100 Å². The lowest BCUT2D eigenvalue weighted by atomic mass is 9.97. The average Bonchev–Trinajstić information content (AvgIpc) is 2.16. The molecular formula is C14H27NO. The molecular weight excluding hydrogens is 198 g/mol. The number of carbonyl (C=O) groups excluding carboxylic acids is 1. The molecule has 0 spiro atoms. The van der Waals surface area contributed by atoms with E-state index in [9.17, 15) is 4.79 Å². The Kier molecular flexibility index (Phi) is 5.47. The minimum Gasteiger partial charge on any atom is -0.300 e. The molecule has 2 atom stereocenters. The fourth-order valence-electron chi connectivity index (χ4n) is 2.67. The SMILES string of the molecule is CC(C)CCCC(C)N1CCC(=O)CC1C. The zero-order chi connectivity index (χ0) is 12.1. The number of rotatable bonds is 5. The summed E-state index contributed by atoms with van der Waals surface area (Å²) in [4.78, 5) is 13.8. The molecule has 94 valence electrons. The summed E-state index contributed by atoms with van der Waals surface area (Å²) in [6.45, 7) is 10.0. The van der Waals surface area contributed by atoms with Gasteiger partial charge in [0.15, 0.2) is 0 Å². The van der Waals surface area contributed by atoms with Crippen molar-refractivity contribution >= 4 is 5.78 Å². The van der Waals surface area contributed by atoms with Gasteiger partial charge in [-0.3, -0.25) is 9.69 Å². The highest BCUT2D eigenvalue weighted by Crippen LogP contribution is 2.20. The van der Waals surface area contributed by atoms with Crippen molar-refractivity contribution in [2.75, 3.05) is 6.54 Å². The predicted octanol–water partition coefficient (Wildman–Crippen LogP) is 3.25. The van der Waals surface area contributed by atoms with Crippen molar-refractivity contribution in [3.05, 3.63) is 0 Å². The molecule has 0 amide bonds. The van der Waals surface area contributed by atoms with Crippen LogP contribution in [0.2, 0.25) is 0 Å². The first kappa shape index (κ1) is 13.7. The number of ketones is 1. The molecule has 1 rings (SSSR count). The molecule has 16 heavy (non-hydrogen) atoms. The van der Waals surface area contributed by atoms with Crippen molar-refractivity contribution in [3.63, 3.8) is 0 Å². The Hall–Kier alpha value is -0.370. The average molecular weight is 225 g/mol. The van der Waals surface area contributed by atoms with E-state index in [1.807, 2.05) is 0 Å². The van der Waals surface area contributed by atoms with Crippen LogP contribution in [-0.4, -0.2) is 29.3 Å². The molecule has 0 radical (unpaired) electrons. The number of Topliss-reactive ketones (excluding diaryl/α,β-unsaturated/α-hetero) is 1. The highest BCUT2D eigenvalue weighted by atomic mass is 16.1. The molecule has 0 aliphatic carbocycles. The van der Waals surface area contributed by atoms with E-state index < -0.39 is 0 Å². The molecule has 1 saturated heterocycles. The fraction of sp³-hybridized carbons (Fsp3) is 0.929. The van der Waals surface area contributed by atoms with Gasteiger partial charge in [-0.05, 0) is 26.2 Å². The lowest BCUT2D eigenvalue weighted by Crippen LogP contribution is -2.46. The normalized spacial score (nSPS) is 25.1. The Balaban J connectivity index is 2.30. The number of carbonyl (C=O) groups is 1. The van der Waals surface area contributed by atoms with E-state index in [0.717, 1.165) is 25.3 Å².